The maximum atomic E-state index is 15.0. The lowest BCUT2D eigenvalue weighted by Gasteiger charge is -2.20. The highest BCUT2D eigenvalue weighted by Crippen LogP contribution is 2.49. The molecule has 1 saturated heterocycles. The van der Waals surface area contributed by atoms with E-state index in [2.05, 4.69) is 38.5 Å². The zero-order chi connectivity index (χ0) is 30.8. The fourth-order valence-electron chi connectivity index (χ4n) is 6.43. The van der Waals surface area contributed by atoms with Gasteiger partial charge in [0.05, 0.1) is 45.9 Å². The SMILES string of the molecule is CN1CCC[C@H]1COc1nc(NCc2nc(C3CC3)n[nH]2)c2c3c(c(-c4ccc(F)c5sc(N)c(C#N)c45)c(Cl)c2n1)COC3. The minimum Gasteiger partial charge on any atom is -0.462 e. The first-order valence-corrected chi connectivity index (χ1v) is 16.1. The van der Waals surface area contributed by atoms with Gasteiger partial charge in [0.25, 0.3) is 0 Å². The van der Waals surface area contributed by atoms with Crippen molar-refractivity contribution in [1.82, 2.24) is 30.0 Å². The normalized spacial score (nSPS) is 18.1. The third kappa shape index (κ3) is 4.84. The van der Waals surface area contributed by atoms with Crippen LogP contribution < -0.4 is 15.8 Å². The predicted molar refractivity (Wildman–Crippen MR) is 170 cm³/mol. The summed E-state index contributed by atoms with van der Waals surface area (Å²) in [4.78, 5) is 16.6. The van der Waals surface area contributed by atoms with E-state index in [9.17, 15) is 9.65 Å². The molecule has 1 atom stereocenters. The monoisotopic (exact) mass is 645 g/mol. The van der Waals surface area contributed by atoms with Crippen LogP contribution in [0.2, 0.25) is 5.02 Å². The Morgan fingerprint density at radius 3 is 2.84 bits per heavy atom. The molecule has 0 amide bonds. The number of ether oxygens (including phenoxy) is 2. The number of nitrogens with zero attached hydrogens (tertiary/aromatic N) is 6. The van der Waals surface area contributed by atoms with Gasteiger partial charge in [0.2, 0.25) is 0 Å². The summed E-state index contributed by atoms with van der Waals surface area (Å²) in [6, 6.07) is 5.63. The van der Waals surface area contributed by atoms with E-state index < -0.39 is 5.82 Å². The molecule has 230 valence electrons. The lowest BCUT2D eigenvalue weighted by molar-refractivity contribution is 0.135. The van der Waals surface area contributed by atoms with Crippen molar-refractivity contribution in [2.75, 3.05) is 31.2 Å². The molecular formula is C31H29ClFN9O2S. The number of hydrogen-bond acceptors (Lipinski definition) is 11. The Kier molecular flexibility index (Phi) is 6.98. The van der Waals surface area contributed by atoms with Gasteiger partial charge in [0.15, 0.2) is 5.82 Å². The van der Waals surface area contributed by atoms with Gasteiger partial charge in [-0.3, -0.25) is 5.10 Å². The number of nitrogens with two attached hydrogens (primary N) is 1. The van der Waals surface area contributed by atoms with Crippen molar-refractivity contribution in [3.05, 3.63) is 51.3 Å². The average Bonchev–Trinajstić information content (AvgIpc) is 3.35. The van der Waals surface area contributed by atoms with Gasteiger partial charge >= 0.3 is 6.01 Å². The second-order valence-corrected chi connectivity index (χ2v) is 13.3. The van der Waals surface area contributed by atoms with E-state index in [1.54, 1.807) is 6.07 Å². The van der Waals surface area contributed by atoms with E-state index in [0.717, 1.165) is 60.5 Å². The number of fused-ring (bicyclic) bond motifs is 4. The third-order valence-electron chi connectivity index (χ3n) is 8.97. The first-order chi connectivity index (χ1) is 21.9. The molecule has 8 rings (SSSR count). The molecule has 4 N–H and O–H groups in total. The quantitative estimate of drug-likeness (QED) is 0.187. The summed E-state index contributed by atoms with van der Waals surface area (Å²) in [7, 11) is 2.09. The number of hydrogen-bond donors (Lipinski definition) is 3. The minimum absolute atomic E-state index is 0.190. The number of nitrogen functional groups attached to an aromatic ring is 1. The van der Waals surface area contributed by atoms with Crippen LogP contribution in [0.1, 0.15) is 59.9 Å². The summed E-state index contributed by atoms with van der Waals surface area (Å²) in [6.07, 6.45) is 4.37. The summed E-state index contributed by atoms with van der Waals surface area (Å²) in [5.41, 5.74) is 9.79. The highest BCUT2D eigenvalue weighted by molar-refractivity contribution is 7.23. The summed E-state index contributed by atoms with van der Waals surface area (Å²) in [5.74, 6) is 2.05. The van der Waals surface area contributed by atoms with E-state index >= 15 is 0 Å². The number of anilines is 2. The van der Waals surface area contributed by atoms with Crippen molar-refractivity contribution < 1.29 is 13.9 Å². The van der Waals surface area contributed by atoms with Crippen LogP contribution in [0.3, 0.4) is 0 Å². The molecule has 3 aromatic heterocycles. The molecular weight excluding hydrogens is 617 g/mol. The number of aromatic amines is 1. The molecule has 1 aliphatic carbocycles. The lowest BCUT2D eigenvalue weighted by Crippen LogP contribution is -2.31. The number of nitriles is 1. The molecule has 14 heteroatoms. The van der Waals surface area contributed by atoms with Crippen LogP contribution in [-0.4, -0.2) is 56.3 Å². The average molecular weight is 646 g/mol. The summed E-state index contributed by atoms with van der Waals surface area (Å²) in [5, 5.41) is 22.5. The molecule has 2 aliphatic heterocycles. The van der Waals surface area contributed by atoms with Crippen LogP contribution in [0.15, 0.2) is 12.1 Å². The van der Waals surface area contributed by atoms with Gasteiger partial charge in [0.1, 0.15) is 35.1 Å². The summed E-state index contributed by atoms with van der Waals surface area (Å²) in [6.45, 7) is 2.38. The van der Waals surface area contributed by atoms with Gasteiger partial charge < -0.3 is 25.4 Å². The molecule has 1 saturated carbocycles. The van der Waals surface area contributed by atoms with Crippen molar-refractivity contribution in [3.63, 3.8) is 0 Å². The summed E-state index contributed by atoms with van der Waals surface area (Å²) < 4.78 is 27.5. The Balaban J connectivity index is 1.29. The Labute approximate surface area is 266 Å². The van der Waals surface area contributed by atoms with Gasteiger partial charge in [-0.1, -0.05) is 17.7 Å². The molecule has 3 aliphatic rings. The van der Waals surface area contributed by atoms with Gasteiger partial charge in [-0.25, -0.2) is 9.37 Å². The molecule has 11 nitrogen and oxygen atoms in total. The smallest absolute Gasteiger partial charge is 0.319 e. The number of thiophene rings is 1. The molecule has 0 spiro atoms. The first kappa shape index (κ1) is 28.4. The highest BCUT2D eigenvalue weighted by Gasteiger charge is 2.31. The van der Waals surface area contributed by atoms with Crippen LogP contribution in [0.25, 0.3) is 32.1 Å². The maximum absolute atomic E-state index is 15.0. The van der Waals surface area contributed by atoms with Crippen LogP contribution in [0.5, 0.6) is 6.01 Å². The van der Waals surface area contributed by atoms with Crippen LogP contribution in [0, 0.1) is 17.1 Å². The number of likely N-dealkylation sites (N-methyl/N-ethyl adjacent to an activating group) is 1. The zero-order valence-electron chi connectivity index (χ0n) is 24.4. The highest BCUT2D eigenvalue weighted by atomic mass is 35.5. The van der Waals surface area contributed by atoms with Gasteiger partial charge in [-0.15, -0.1) is 11.3 Å². The lowest BCUT2D eigenvalue weighted by atomic mass is 9.91. The maximum Gasteiger partial charge on any atom is 0.319 e. The van der Waals surface area contributed by atoms with Crippen LogP contribution in [-0.2, 0) is 24.5 Å². The number of likely N-dealkylation sites (tertiary alicyclic amines) is 1. The Bertz CT molecular complexity index is 2040. The minimum atomic E-state index is -0.449. The standard InChI is InChI=1S/C31H29ClFN9O2S/c1-42-8-2-3-15(42)11-44-31-38-26-24(30(39-31)36-10-21-37-29(41-40-21)14-4-5-14)19-13-43-12-18(19)22(25(26)32)16-6-7-20(33)27-23(16)17(9-34)28(35)45-27/h6-7,14-15H,2-5,8,10-13,35H2,1H3,(H,36,38,39)(H,37,40,41)/t15-/m0/s1. The Morgan fingerprint density at radius 2 is 2.07 bits per heavy atom. The molecule has 0 unspecified atom stereocenters. The number of aromatic nitrogens is 5. The molecule has 0 radical (unpaired) electrons. The van der Waals surface area contributed by atoms with Gasteiger partial charge in [0, 0.05) is 22.9 Å². The van der Waals surface area contributed by atoms with Gasteiger partial charge in [-0.05, 0) is 62.0 Å². The first-order valence-electron chi connectivity index (χ1n) is 14.9. The molecule has 2 fully saturated rings. The topological polar surface area (TPSA) is 151 Å². The van der Waals surface area contributed by atoms with E-state index in [-0.39, 0.29) is 29.2 Å². The second kappa shape index (κ2) is 11.1. The fourth-order valence-corrected chi connectivity index (χ4v) is 7.74. The number of benzene rings is 2. The number of halogens is 2. The van der Waals surface area contributed by atoms with Crippen LogP contribution >= 0.6 is 22.9 Å². The zero-order valence-corrected chi connectivity index (χ0v) is 26.0. The van der Waals surface area contributed by atoms with Crippen molar-refractivity contribution >= 4 is 54.7 Å². The van der Waals surface area contributed by atoms with Crippen molar-refractivity contribution in [1.29, 1.82) is 5.26 Å². The van der Waals surface area contributed by atoms with Crippen molar-refractivity contribution in [2.24, 2.45) is 0 Å². The molecule has 5 heterocycles. The van der Waals surface area contributed by atoms with E-state index in [4.69, 9.17) is 36.8 Å². The fraction of sp³-hybridized carbons (Fsp3) is 0.387. The number of rotatable bonds is 8. The van der Waals surface area contributed by atoms with Gasteiger partial charge in [-0.2, -0.15) is 20.3 Å². The molecule has 2 aromatic carbocycles. The van der Waals surface area contributed by atoms with E-state index in [1.165, 1.54) is 6.07 Å². The number of nitrogens with one attached hydrogen (secondary N) is 2. The molecule has 45 heavy (non-hydrogen) atoms. The van der Waals surface area contributed by atoms with E-state index in [0.29, 0.717) is 74.5 Å². The summed E-state index contributed by atoms with van der Waals surface area (Å²) >= 11 is 8.34. The van der Waals surface area contributed by atoms with E-state index in [1.807, 2.05) is 0 Å². The largest absolute Gasteiger partial charge is 0.462 e. The van der Waals surface area contributed by atoms with Crippen molar-refractivity contribution in [2.45, 2.75) is 57.4 Å². The van der Waals surface area contributed by atoms with Crippen molar-refractivity contribution in [3.8, 4) is 23.2 Å². The Hall–Kier alpha value is -4.09. The van der Waals surface area contributed by atoms with Crippen LogP contribution in [0.4, 0.5) is 15.2 Å². The Morgan fingerprint density at radius 1 is 1.22 bits per heavy atom. The number of H-pyrrole nitrogens is 1. The predicted octanol–water partition coefficient (Wildman–Crippen LogP) is 5.87. The molecule has 5 aromatic rings. The third-order valence-corrected chi connectivity index (χ3v) is 10.4. The second-order valence-electron chi connectivity index (χ2n) is 11.8. The molecule has 0 bridgehead atoms.